The van der Waals surface area contributed by atoms with Crippen LogP contribution in [0.4, 0.5) is 11.9 Å². The van der Waals surface area contributed by atoms with Gasteiger partial charge in [-0.05, 0) is 31.4 Å². The third kappa shape index (κ3) is 4.82. The van der Waals surface area contributed by atoms with Crippen molar-refractivity contribution in [3.63, 3.8) is 0 Å². The minimum Gasteiger partial charge on any atom is -0.354 e. The first kappa shape index (κ1) is 16.0. The summed E-state index contributed by atoms with van der Waals surface area (Å²) >= 11 is 5.96. The van der Waals surface area contributed by atoms with Gasteiger partial charge in [-0.1, -0.05) is 26.7 Å². The van der Waals surface area contributed by atoms with Crippen molar-refractivity contribution < 1.29 is 0 Å². The van der Waals surface area contributed by atoms with E-state index in [1.807, 2.05) is 6.92 Å². The Hall–Kier alpha value is -1.10. The fraction of sp³-hybridized carbons (Fsp3) is 0.769. The molecule has 0 fully saturated rings. The number of nitrogens with zero attached hydrogens (tertiary/aromatic N) is 4. The van der Waals surface area contributed by atoms with Crippen molar-refractivity contribution in [1.29, 1.82) is 0 Å². The molecule has 1 aromatic rings. The lowest BCUT2D eigenvalue weighted by atomic mass is 10.0. The number of aromatic nitrogens is 3. The van der Waals surface area contributed by atoms with Crippen LogP contribution in [0.2, 0.25) is 5.28 Å². The molecule has 0 aliphatic rings. The molecule has 1 aromatic heterocycles. The topological polar surface area (TPSA) is 53.9 Å². The van der Waals surface area contributed by atoms with Crippen molar-refractivity contribution in [2.24, 2.45) is 5.92 Å². The molecule has 0 aliphatic heterocycles. The number of rotatable bonds is 8. The number of hydrogen-bond acceptors (Lipinski definition) is 5. The van der Waals surface area contributed by atoms with E-state index in [2.05, 4.69) is 45.9 Å². The fourth-order valence-corrected chi connectivity index (χ4v) is 2.08. The van der Waals surface area contributed by atoms with Crippen molar-refractivity contribution >= 4 is 23.5 Å². The molecule has 1 heterocycles. The lowest BCUT2D eigenvalue weighted by Gasteiger charge is -2.25. The van der Waals surface area contributed by atoms with Crippen LogP contribution in [0.25, 0.3) is 0 Å². The fourth-order valence-electron chi connectivity index (χ4n) is 1.93. The Labute approximate surface area is 120 Å². The van der Waals surface area contributed by atoms with Gasteiger partial charge >= 0.3 is 0 Å². The van der Waals surface area contributed by atoms with Crippen molar-refractivity contribution in [2.75, 3.05) is 29.9 Å². The Bertz CT molecular complexity index is 381. The molecule has 19 heavy (non-hydrogen) atoms. The Morgan fingerprint density at radius 3 is 2.32 bits per heavy atom. The van der Waals surface area contributed by atoms with E-state index in [-0.39, 0.29) is 5.28 Å². The van der Waals surface area contributed by atoms with E-state index < -0.39 is 0 Å². The van der Waals surface area contributed by atoms with E-state index in [1.165, 1.54) is 0 Å². The van der Waals surface area contributed by atoms with Crippen molar-refractivity contribution in [3.8, 4) is 0 Å². The summed E-state index contributed by atoms with van der Waals surface area (Å²) in [5.41, 5.74) is 0. The molecule has 0 radical (unpaired) electrons. The van der Waals surface area contributed by atoms with Gasteiger partial charge in [0.25, 0.3) is 0 Å². The van der Waals surface area contributed by atoms with Crippen molar-refractivity contribution in [2.45, 2.75) is 40.5 Å². The summed E-state index contributed by atoms with van der Waals surface area (Å²) in [5, 5.41) is 3.32. The first-order chi connectivity index (χ1) is 9.14. The molecule has 0 amide bonds. The minimum atomic E-state index is 0.240. The van der Waals surface area contributed by atoms with Crippen LogP contribution in [0, 0.1) is 5.92 Å². The third-order valence-electron chi connectivity index (χ3n) is 3.23. The summed E-state index contributed by atoms with van der Waals surface area (Å²) in [4.78, 5) is 14.9. The second-order valence-electron chi connectivity index (χ2n) is 4.48. The normalized spacial score (nSPS) is 10.8. The SMILES string of the molecule is CCNc1nc(Cl)nc(N(CC)CC(CC)CC)n1. The highest BCUT2D eigenvalue weighted by Crippen LogP contribution is 2.17. The van der Waals surface area contributed by atoms with Crippen LogP contribution in [0.1, 0.15) is 40.5 Å². The largest absolute Gasteiger partial charge is 0.354 e. The molecule has 5 nitrogen and oxygen atoms in total. The summed E-state index contributed by atoms with van der Waals surface area (Å²) in [7, 11) is 0. The maximum Gasteiger partial charge on any atom is 0.231 e. The van der Waals surface area contributed by atoms with Gasteiger partial charge in [0.1, 0.15) is 0 Å². The van der Waals surface area contributed by atoms with Gasteiger partial charge in [-0.3, -0.25) is 0 Å². The predicted octanol–water partition coefficient (Wildman–Crippen LogP) is 3.22. The average molecular weight is 286 g/mol. The molecule has 0 saturated carbocycles. The summed E-state index contributed by atoms with van der Waals surface area (Å²) < 4.78 is 0. The van der Waals surface area contributed by atoms with Crippen LogP contribution in [0.3, 0.4) is 0 Å². The van der Waals surface area contributed by atoms with Crippen LogP contribution < -0.4 is 10.2 Å². The smallest absolute Gasteiger partial charge is 0.231 e. The van der Waals surface area contributed by atoms with E-state index in [0.717, 1.165) is 32.5 Å². The minimum absolute atomic E-state index is 0.240. The van der Waals surface area contributed by atoms with E-state index in [4.69, 9.17) is 11.6 Å². The van der Waals surface area contributed by atoms with Gasteiger partial charge in [-0.25, -0.2) is 0 Å². The highest BCUT2D eigenvalue weighted by Gasteiger charge is 2.15. The van der Waals surface area contributed by atoms with Crippen LogP contribution in [0.15, 0.2) is 0 Å². The average Bonchev–Trinajstić information content (AvgIpc) is 2.40. The van der Waals surface area contributed by atoms with Crippen molar-refractivity contribution in [3.05, 3.63) is 5.28 Å². The monoisotopic (exact) mass is 285 g/mol. The van der Waals surface area contributed by atoms with E-state index in [9.17, 15) is 0 Å². The molecule has 0 bridgehead atoms. The molecular formula is C13H24ClN5. The first-order valence-electron chi connectivity index (χ1n) is 7.04. The van der Waals surface area contributed by atoms with Gasteiger partial charge in [-0.15, -0.1) is 0 Å². The number of hydrogen-bond donors (Lipinski definition) is 1. The van der Waals surface area contributed by atoms with Gasteiger partial charge in [0.2, 0.25) is 17.2 Å². The molecule has 0 aliphatic carbocycles. The molecule has 1 N–H and O–H groups in total. The zero-order chi connectivity index (χ0) is 14.3. The van der Waals surface area contributed by atoms with Crippen LogP contribution in [0.5, 0.6) is 0 Å². The quantitative estimate of drug-likeness (QED) is 0.795. The maximum absolute atomic E-state index is 5.96. The zero-order valence-electron chi connectivity index (χ0n) is 12.3. The van der Waals surface area contributed by atoms with Crippen LogP contribution in [-0.2, 0) is 0 Å². The van der Waals surface area contributed by atoms with Gasteiger partial charge in [0.15, 0.2) is 0 Å². The molecule has 0 saturated heterocycles. The van der Waals surface area contributed by atoms with Gasteiger partial charge in [-0.2, -0.15) is 15.0 Å². The number of anilines is 2. The van der Waals surface area contributed by atoms with E-state index in [1.54, 1.807) is 0 Å². The van der Waals surface area contributed by atoms with E-state index >= 15 is 0 Å². The molecule has 1 rings (SSSR count). The Kier molecular flexibility index (Phi) is 6.84. The molecule has 108 valence electrons. The standard InChI is InChI=1S/C13H24ClN5/c1-5-10(6-2)9-19(8-4)13-17-11(14)16-12(18-13)15-7-3/h10H,5-9H2,1-4H3,(H,15,16,17,18). The second kappa shape index (κ2) is 8.15. The first-order valence-corrected chi connectivity index (χ1v) is 7.42. The van der Waals surface area contributed by atoms with Crippen molar-refractivity contribution in [1.82, 2.24) is 15.0 Å². The highest BCUT2D eigenvalue weighted by molar-refractivity contribution is 6.28. The Morgan fingerprint density at radius 2 is 1.79 bits per heavy atom. The predicted molar refractivity (Wildman–Crippen MR) is 81.0 cm³/mol. The Balaban J connectivity index is 2.90. The summed E-state index contributed by atoms with van der Waals surface area (Å²) in [6.07, 6.45) is 2.32. The lowest BCUT2D eigenvalue weighted by Crippen LogP contribution is -2.31. The van der Waals surface area contributed by atoms with E-state index in [0.29, 0.717) is 17.8 Å². The molecule has 0 spiro atoms. The summed E-state index contributed by atoms with van der Waals surface area (Å²) in [5.74, 6) is 1.85. The maximum atomic E-state index is 5.96. The van der Waals surface area contributed by atoms with Crippen LogP contribution >= 0.6 is 11.6 Å². The highest BCUT2D eigenvalue weighted by atomic mass is 35.5. The lowest BCUT2D eigenvalue weighted by molar-refractivity contribution is 0.482. The van der Waals surface area contributed by atoms with Gasteiger partial charge < -0.3 is 10.2 Å². The second-order valence-corrected chi connectivity index (χ2v) is 4.82. The summed E-state index contributed by atoms with van der Waals surface area (Å²) in [6.45, 7) is 11.1. The van der Waals surface area contributed by atoms with Gasteiger partial charge in [0, 0.05) is 19.6 Å². The summed E-state index contributed by atoms with van der Waals surface area (Å²) in [6, 6.07) is 0. The molecule has 0 aromatic carbocycles. The molecular weight excluding hydrogens is 262 g/mol. The van der Waals surface area contributed by atoms with Crippen LogP contribution in [-0.4, -0.2) is 34.6 Å². The number of nitrogens with one attached hydrogen (secondary N) is 1. The van der Waals surface area contributed by atoms with Gasteiger partial charge in [0.05, 0.1) is 0 Å². The number of halogens is 1. The molecule has 6 heteroatoms. The molecule has 0 unspecified atom stereocenters. The third-order valence-corrected chi connectivity index (χ3v) is 3.40. The Morgan fingerprint density at radius 1 is 1.11 bits per heavy atom. The zero-order valence-corrected chi connectivity index (χ0v) is 13.0. The molecule has 0 atom stereocenters.